The predicted molar refractivity (Wildman–Crippen MR) is 65.3 cm³/mol. The quantitative estimate of drug-likeness (QED) is 0.518. The van der Waals surface area contributed by atoms with Crippen LogP contribution in [0.25, 0.3) is 0 Å². The molecule has 0 atom stereocenters. The minimum atomic E-state index is -0.783. The number of oxime groups is 1. The molecule has 0 amide bonds. The summed E-state index contributed by atoms with van der Waals surface area (Å²) in [6.45, 7) is 0. The van der Waals surface area contributed by atoms with E-state index < -0.39 is 11.6 Å². The summed E-state index contributed by atoms with van der Waals surface area (Å²) in [5, 5.41) is 12.0. The molecular formula is C12H9ClF2N2O. The van der Waals surface area contributed by atoms with Gasteiger partial charge in [-0.15, -0.1) is 12.4 Å². The van der Waals surface area contributed by atoms with Gasteiger partial charge in [0.05, 0.1) is 0 Å². The Bertz CT molecular complexity index is 561. The van der Waals surface area contributed by atoms with Gasteiger partial charge in [0.1, 0.15) is 17.3 Å². The number of pyridine rings is 1. The Morgan fingerprint density at radius 2 is 1.78 bits per heavy atom. The number of halogens is 3. The van der Waals surface area contributed by atoms with Crippen LogP contribution in [0.1, 0.15) is 11.1 Å². The smallest absolute Gasteiger partial charge is 0.135 e. The average Bonchev–Trinajstić information content (AvgIpc) is 2.34. The van der Waals surface area contributed by atoms with Gasteiger partial charge in [-0.1, -0.05) is 5.16 Å². The zero-order valence-electron chi connectivity index (χ0n) is 9.05. The van der Waals surface area contributed by atoms with Crippen LogP contribution in [0, 0.1) is 11.6 Å². The first-order valence-electron chi connectivity index (χ1n) is 4.80. The molecule has 0 saturated carbocycles. The fourth-order valence-corrected chi connectivity index (χ4v) is 1.46. The minimum Gasteiger partial charge on any atom is -0.410 e. The maximum atomic E-state index is 13.5. The molecule has 2 rings (SSSR count). The van der Waals surface area contributed by atoms with E-state index in [1.54, 1.807) is 12.1 Å². The summed E-state index contributed by atoms with van der Waals surface area (Å²) in [6, 6.07) is 6.20. The molecule has 1 aromatic carbocycles. The lowest BCUT2D eigenvalue weighted by atomic mass is 10.0. The molecule has 0 radical (unpaired) electrons. The highest BCUT2D eigenvalue weighted by Crippen LogP contribution is 2.15. The highest BCUT2D eigenvalue weighted by atomic mass is 35.5. The SMILES string of the molecule is Cl.ON=C(c1ccncc1)c1ccc(F)cc1F. The van der Waals surface area contributed by atoms with Gasteiger partial charge in [0.25, 0.3) is 0 Å². The summed E-state index contributed by atoms with van der Waals surface area (Å²) in [7, 11) is 0. The van der Waals surface area contributed by atoms with Gasteiger partial charge in [0.2, 0.25) is 0 Å². The van der Waals surface area contributed by atoms with Crippen molar-refractivity contribution in [3.05, 3.63) is 65.5 Å². The summed E-state index contributed by atoms with van der Waals surface area (Å²) in [5.41, 5.74) is 0.554. The van der Waals surface area contributed by atoms with Crippen LogP contribution in [-0.2, 0) is 0 Å². The first kappa shape index (κ1) is 14.1. The number of hydrogen-bond acceptors (Lipinski definition) is 3. The minimum absolute atomic E-state index is 0. The Balaban J connectivity index is 0.00000162. The molecular weight excluding hydrogens is 262 g/mol. The van der Waals surface area contributed by atoms with Crippen LogP contribution in [-0.4, -0.2) is 15.9 Å². The number of nitrogens with zero attached hydrogens (tertiary/aromatic N) is 2. The molecule has 0 unspecified atom stereocenters. The third kappa shape index (κ3) is 2.81. The number of benzene rings is 1. The molecule has 0 saturated heterocycles. The topological polar surface area (TPSA) is 45.5 Å². The highest BCUT2D eigenvalue weighted by molar-refractivity contribution is 6.12. The Hall–Kier alpha value is -2.01. The van der Waals surface area contributed by atoms with E-state index in [0.717, 1.165) is 12.1 Å². The van der Waals surface area contributed by atoms with Crippen LogP contribution >= 0.6 is 12.4 Å². The van der Waals surface area contributed by atoms with Crippen LogP contribution in [0.4, 0.5) is 8.78 Å². The maximum absolute atomic E-state index is 13.5. The molecule has 2 aromatic rings. The normalized spacial score (nSPS) is 10.9. The lowest BCUT2D eigenvalue weighted by molar-refractivity contribution is 0.319. The zero-order valence-corrected chi connectivity index (χ0v) is 9.86. The molecule has 6 heteroatoms. The molecule has 1 N–H and O–H groups in total. The number of aromatic nitrogens is 1. The van der Waals surface area contributed by atoms with Crippen LogP contribution in [0.3, 0.4) is 0 Å². The Kier molecular flexibility index (Phi) is 4.74. The molecule has 0 aliphatic carbocycles. The third-order valence-electron chi connectivity index (χ3n) is 2.24. The zero-order chi connectivity index (χ0) is 12.3. The van der Waals surface area contributed by atoms with E-state index in [0.29, 0.717) is 5.56 Å². The van der Waals surface area contributed by atoms with Crippen molar-refractivity contribution in [2.45, 2.75) is 0 Å². The Morgan fingerprint density at radius 1 is 1.11 bits per heavy atom. The first-order valence-corrected chi connectivity index (χ1v) is 4.80. The van der Waals surface area contributed by atoms with Gasteiger partial charge in [-0.2, -0.15) is 0 Å². The average molecular weight is 271 g/mol. The second kappa shape index (κ2) is 6.07. The summed E-state index contributed by atoms with van der Waals surface area (Å²) in [6.07, 6.45) is 2.98. The van der Waals surface area contributed by atoms with Crippen molar-refractivity contribution >= 4 is 18.1 Å². The molecule has 18 heavy (non-hydrogen) atoms. The molecule has 0 fully saturated rings. The second-order valence-electron chi connectivity index (χ2n) is 3.31. The van der Waals surface area contributed by atoms with Gasteiger partial charge in [-0.05, 0) is 24.3 Å². The van der Waals surface area contributed by atoms with Crippen molar-refractivity contribution in [2.75, 3.05) is 0 Å². The lowest BCUT2D eigenvalue weighted by Gasteiger charge is -2.05. The predicted octanol–water partition coefficient (Wildman–Crippen LogP) is 3.01. The van der Waals surface area contributed by atoms with E-state index in [-0.39, 0.29) is 23.7 Å². The van der Waals surface area contributed by atoms with E-state index in [2.05, 4.69) is 10.1 Å². The van der Waals surface area contributed by atoms with Gasteiger partial charge in [0.15, 0.2) is 0 Å². The first-order chi connectivity index (χ1) is 8.22. The molecule has 0 aliphatic rings. The Morgan fingerprint density at radius 3 is 2.33 bits per heavy atom. The molecule has 1 heterocycles. The van der Waals surface area contributed by atoms with Crippen molar-refractivity contribution in [3.8, 4) is 0 Å². The summed E-state index contributed by atoms with van der Waals surface area (Å²) in [5.74, 6) is -1.46. The fourth-order valence-electron chi connectivity index (χ4n) is 1.46. The van der Waals surface area contributed by atoms with E-state index in [4.69, 9.17) is 5.21 Å². The third-order valence-corrected chi connectivity index (χ3v) is 2.24. The fraction of sp³-hybridized carbons (Fsp3) is 0. The van der Waals surface area contributed by atoms with Crippen molar-refractivity contribution in [3.63, 3.8) is 0 Å². The lowest BCUT2D eigenvalue weighted by Crippen LogP contribution is -2.06. The van der Waals surface area contributed by atoms with Crippen LogP contribution in [0.5, 0.6) is 0 Å². The molecule has 0 aliphatic heterocycles. The van der Waals surface area contributed by atoms with Crippen LogP contribution in [0.2, 0.25) is 0 Å². The molecule has 94 valence electrons. The van der Waals surface area contributed by atoms with E-state index in [9.17, 15) is 8.78 Å². The van der Waals surface area contributed by atoms with Gasteiger partial charge in [0, 0.05) is 29.6 Å². The summed E-state index contributed by atoms with van der Waals surface area (Å²) >= 11 is 0. The number of hydrogen-bond donors (Lipinski definition) is 1. The second-order valence-corrected chi connectivity index (χ2v) is 3.31. The molecule has 1 aromatic heterocycles. The van der Waals surface area contributed by atoms with Crippen molar-refractivity contribution in [1.29, 1.82) is 0 Å². The number of rotatable bonds is 2. The van der Waals surface area contributed by atoms with E-state index >= 15 is 0 Å². The van der Waals surface area contributed by atoms with E-state index in [1.165, 1.54) is 18.5 Å². The molecule has 0 bridgehead atoms. The van der Waals surface area contributed by atoms with Crippen LogP contribution in [0.15, 0.2) is 47.9 Å². The van der Waals surface area contributed by atoms with Gasteiger partial charge >= 0.3 is 0 Å². The van der Waals surface area contributed by atoms with Gasteiger partial charge in [-0.25, -0.2) is 8.78 Å². The van der Waals surface area contributed by atoms with E-state index in [1.807, 2.05) is 0 Å². The Labute approximate surface area is 108 Å². The monoisotopic (exact) mass is 270 g/mol. The molecule has 0 spiro atoms. The van der Waals surface area contributed by atoms with Crippen molar-refractivity contribution in [2.24, 2.45) is 5.16 Å². The summed E-state index contributed by atoms with van der Waals surface area (Å²) < 4.78 is 26.3. The van der Waals surface area contributed by atoms with Gasteiger partial charge < -0.3 is 5.21 Å². The standard InChI is InChI=1S/C12H8F2N2O.ClH/c13-9-1-2-10(11(14)7-9)12(16-17)8-3-5-15-6-4-8;/h1-7,17H;1H. The molecule has 3 nitrogen and oxygen atoms in total. The van der Waals surface area contributed by atoms with Crippen molar-refractivity contribution < 1.29 is 14.0 Å². The van der Waals surface area contributed by atoms with Crippen LogP contribution < -0.4 is 0 Å². The van der Waals surface area contributed by atoms with Crippen molar-refractivity contribution in [1.82, 2.24) is 4.98 Å². The highest BCUT2D eigenvalue weighted by Gasteiger charge is 2.13. The van der Waals surface area contributed by atoms with Gasteiger partial charge in [-0.3, -0.25) is 4.98 Å². The summed E-state index contributed by atoms with van der Waals surface area (Å²) in [4.78, 5) is 3.80. The maximum Gasteiger partial charge on any atom is 0.135 e. The largest absolute Gasteiger partial charge is 0.410 e.